The van der Waals surface area contributed by atoms with Crippen molar-refractivity contribution in [3.8, 4) is 0 Å². The number of aromatic nitrogens is 2. The maximum Gasteiger partial charge on any atom is 0.219 e. The maximum absolute atomic E-state index is 10.8. The summed E-state index contributed by atoms with van der Waals surface area (Å²) in [5.74, 6) is 0.325. The van der Waals surface area contributed by atoms with Crippen LogP contribution in [0.2, 0.25) is 0 Å². The zero-order valence-electron chi connectivity index (χ0n) is 10.1. The average Bonchev–Trinajstić information content (AvgIpc) is 2.27. The molecular formula is C12H15N5O. The Bertz CT molecular complexity index is 584. The van der Waals surface area contributed by atoms with Gasteiger partial charge in [0.1, 0.15) is 12.1 Å². The smallest absolute Gasteiger partial charge is 0.219 e. The quantitative estimate of drug-likeness (QED) is 0.693. The van der Waals surface area contributed by atoms with Crippen molar-refractivity contribution in [2.24, 2.45) is 5.73 Å². The number of nitrogens with zero attached hydrogens (tertiary/aromatic N) is 2. The molecule has 0 bridgehead atoms. The molecule has 0 spiro atoms. The number of fused-ring (bicyclic) bond motifs is 1. The van der Waals surface area contributed by atoms with Gasteiger partial charge in [-0.05, 0) is 25.1 Å². The molecule has 6 nitrogen and oxygen atoms in total. The topological polar surface area (TPSA) is 107 Å². The molecule has 94 valence electrons. The number of hydrogen-bond acceptors (Lipinski definition) is 5. The highest BCUT2D eigenvalue weighted by Gasteiger charge is 2.09. The van der Waals surface area contributed by atoms with E-state index in [4.69, 9.17) is 11.5 Å². The molecule has 0 saturated carbocycles. The lowest BCUT2D eigenvalue weighted by atomic mass is 10.2. The number of benzene rings is 1. The van der Waals surface area contributed by atoms with Gasteiger partial charge in [-0.2, -0.15) is 0 Å². The summed E-state index contributed by atoms with van der Waals surface area (Å²) in [5.41, 5.74) is 12.3. The number of carbonyl (C=O) groups is 1. The monoisotopic (exact) mass is 245 g/mol. The van der Waals surface area contributed by atoms with Gasteiger partial charge < -0.3 is 16.8 Å². The van der Waals surface area contributed by atoms with Gasteiger partial charge in [-0.3, -0.25) is 4.79 Å². The second kappa shape index (κ2) is 4.87. The largest absolute Gasteiger partial charge is 0.399 e. The van der Waals surface area contributed by atoms with Crippen LogP contribution in [0.1, 0.15) is 13.3 Å². The van der Waals surface area contributed by atoms with Crippen LogP contribution in [0, 0.1) is 0 Å². The third-order valence-corrected chi connectivity index (χ3v) is 2.55. The van der Waals surface area contributed by atoms with E-state index in [-0.39, 0.29) is 18.4 Å². The van der Waals surface area contributed by atoms with E-state index in [1.54, 1.807) is 12.1 Å². The van der Waals surface area contributed by atoms with Crippen molar-refractivity contribution in [1.82, 2.24) is 9.97 Å². The summed E-state index contributed by atoms with van der Waals surface area (Å²) in [6.07, 6.45) is 1.71. The van der Waals surface area contributed by atoms with Gasteiger partial charge in [0.15, 0.2) is 0 Å². The lowest BCUT2D eigenvalue weighted by Crippen LogP contribution is -2.24. The van der Waals surface area contributed by atoms with E-state index >= 15 is 0 Å². The molecule has 0 aliphatic heterocycles. The minimum Gasteiger partial charge on any atom is -0.399 e. The molecule has 0 radical (unpaired) electrons. The highest BCUT2D eigenvalue weighted by Crippen LogP contribution is 2.21. The third kappa shape index (κ3) is 2.65. The van der Waals surface area contributed by atoms with Crippen molar-refractivity contribution >= 4 is 28.3 Å². The molecule has 0 fully saturated rings. The van der Waals surface area contributed by atoms with E-state index in [2.05, 4.69) is 15.3 Å². The van der Waals surface area contributed by atoms with Crippen LogP contribution in [0.5, 0.6) is 0 Å². The second-order valence-electron chi connectivity index (χ2n) is 4.21. The first kappa shape index (κ1) is 12.1. The molecule has 2 rings (SSSR count). The molecule has 1 heterocycles. The van der Waals surface area contributed by atoms with Crippen LogP contribution in [-0.2, 0) is 4.79 Å². The summed E-state index contributed by atoms with van der Waals surface area (Å²) in [5, 5.41) is 4.01. The normalized spacial score (nSPS) is 12.3. The molecule has 1 unspecified atom stereocenters. The van der Waals surface area contributed by atoms with Crippen LogP contribution in [0.25, 0.3) is 10.9 Å². The first-order valence-corrected chi connectivity index (χ1v) is 5.61. The number of anilines is 2. The lowest BCUT2D eigenvalue weighted by molar-refractivity contribution is -0.118. The molecule has 0 aliphatic rings. The summed E-state index contributed by atoms with van der Waals surface area (Å²) < 4.78 is 0. The molecule has 0 aliphatic carbocycles. The minimum absolute atomic E-state index is 0.0850. The van der Waals surface area contributed by atoms with Crippen molar-refractivity contribution in [2.75, 3.05) is 11.1 Å². The summed E-state index contributed by atoms with van der Waals surface area (Å²) in [6.45, 7) is 1.87. The molecule has 1 amide bonds. The Morgan fingerprint density at radius 2 is 2.22 bits per heavy atom. The van der Waals surface area contributed by atoms with E-state index in [1.165, 1.54) is 6.33 Å². The molecule has 1 aromatic heterocycles. The zero-order chi connectivity index (χ0) is 13.1. The first-order chi connectivity index (χ1) is 8.56. The van der Waals surface area contributed by atoms with E-state index in [1.807, 2.05) is 13.0 Å². The Morgan fingerprint density at radius 1 is 1.44 bits per heavy atom. The molecule has 1 aromatic carbocycles. The maximum atomic E-state index is 10.8. The number of amides is 1. The Balaban J connectivity index is 2.30. The fraction of sp³-hybridized carbons (Fsp3) is 0.250. The zero-order valence-corrected chi connectivity index (χ0v) is 10.1. The summed E-state index contributed by atoms with van der Waals surface area (Å²) in [7, 11) is 0. The van der Waals surface area contributed by atoms with Crippen LogP contribution < -0.4 is 16.8 Å². The van der Waals surface area contributed by atoms with E-state index in [0.717, 1.165) is 10.9 Å². The van der Waals surface area contributed by atoms with E-state index in [0.29, 0.717) is 11.5 Å². The number of primary amides is 1. The Morgan fingerprint density at radius 3 is 2.94 bits per heavy atom. The highest BCUT2D eigenvalue weighted by molar-refractivity contribution is 5.91. The average molecular weight is 245 g/mol. The summed E-state index contributed by atoms with van der Waals surface area (Å²) in [4.78, 5) is 19.2. The van der Waals surface area contributed by atoms with Crippen molar-refractivity contribution in [1.29, 1.82) is 0 Å². The molecule has 6 heteroatoms. The van der Waals surface area contributed by atoms with Crippen molar-refractivity contribution in [2.45, 2.75) is 19.4 Å². The predicted octanol–water partition coefficient (Wildman–Crippen LogP) is 0.888. The Kier molecular flexibility index (Phi) is 3.27. The first-order valence-electron chi connectivity index (χ1n) is 5.61. The predicted molar refractivity (Wildman–Crippen MR) is 70.8 cm³/mol. The number of nitrogen functional groups attached to an aromatic ring is 1. The van der Waals surface area contributed by atoms with Gasteiger partial charge >= 0.3 is 0 Å². The van der Waals surface area contributed by atoms with E-state index in [9.17, 15) is 4.79 Å². The molecular weight excluding hydrogens is 230 g/mol. The van der Waals surface area contributed by atoms with Crippen molar-refractivity contribution in [3.05, 3.63) is 24.5 Å². The molecule has 5 N–H and O–H groups in total. The van der Waals surface area contributed by atoms with Crippen LogP contribution >= 0.6 is 0 Å². The third-order valence-electron chi connectivity index (χ3n) is 2.55. The van der Waals surface area contributed by atoms with Crippen LogP contribution in [0.15, 0.2) is 24.5 Å². The highest BCUT2D eigenvalue weighted by atomic mass is 16.1. The van der Waals surface area contributed by atoms with Gasteiger partial charge in [0, 0.05) is 23.5 Å². The van der Waals surface area contributed by atoms with Gasteiger partial charge in [-0.25, -0.2) is 9.97 Å². The lowest BCUT2D eigenvalue weighted by Gasteiger charge is -2.14. The van der Waals surface area contributed by atoms with Crippen molar-refractivity contribution in [3.63, 3.8) is 0 Å². The number of hydrogen-bond donors (Lipinski definition) is 3. The molecule has 2 aromatic rings. The summed E-state index contributed by atoms with van der Waals surface area (Å²) >= 11 is 0. The van der Waals surface area contributed by atoms with Crippen LogP contribution in [0.4, 0.5) is 11.5 Å². The van der Waals surface area contributed by atoms with Crippen molar-refractivity contribution < 1.29 is 4.79 Å². The minimum atomic E-state index is -0.349. The standard InChI is InChI=1S/C12H15N5O/c1-7(4-11(14)18)17-12-9-3-2-8(13)5-10(9)15-6-16-12/h2-3,5-7H,4,13H2,1H3,(H2,14,18)(H,15,16,17). The molecule has 18 heavy (non-hydrogen) atoms. The van der Waals surface area contributed by atoms with Gasteiger partial charge in [0.25, 0.3) is 0 Å². The summed E-state index contributed by atoms with van der Waals surface area (Å²) in [6, 6.07) is 5.33. The van der Waals surface area contributed by atoms with Crippen LogP contribution in [-0.4, -0.2) is 21.9 Å². The van der Waals surface area contributed by atoms with Gasteiger partial charge in [0.05, 0.1) is 5.52 Å². The fourth-order valence-corrected chi connectivity index (χ4v) is 1.78. The fourth-order valence-electron chi connectivity index (χ4n) is 1.78. The number of carbonyl (C=O) groups excluding carboxylic acids is 1. The second-order valence-corrected chi connectivity index (χ2v) is 4.21. The van der Waals surface area contributed by atoms with E-state index < -0.39 is 0 Å². The van der Waals surface area contributed by atoms with Gasteiger partial charge in [-0.15, -0.1) is 0 Å². The Labute approximate surface area is 104 Å². The number of nitrogens with one attached hydrogen (secondary N) is 1. The molecule has 0 saturated heterocycles. The number of nitrogens with two attached hydrogens (primary N) is 2. The van der Waals surface area contributed by atoms with Gasteiger partial charge in [0.2, 0.25) is 5.91 Å². The van der Waals surface area contributed by atoms with Crippen LogP contribution in [0.3, 0.4) is 0 Å². The SMILES string of the molecule is CC(CC(N)=O)Nc1ncnc2cc(N)ccc12. The number of rotatable bonds is 4. The van der Waals surface area contributed by atoms with Gasteiger partial charge in [-0.1, -0.05) is 0 Å². The Hall–Kier alpha value is -2.37. The molecule has 1 atom stereocenters.